The summed E-state index contributed by atoms with van der Waals surface area (Å²) in [6.45, 7) is 1.36. The monoisotopic (exact) mass is 440 g/mol. The van der Waals surface area contributed by atoms with Crippen molar-refractivity contribution in [2.24, 2.45) is 0 Å². The van der Waals surface area contributed by atoms with Gasteiger partial charge in [-0.2, -0.15) is 0 Å². The molecule has 0 radical (unpaired) electrons. The molecule has 9 heteroatoms. The molecule has 0 saturated carbocycles. The minimum absolute atomic E-state index is 0.0473. The lowest BCUT2D eigenvalue weighted by molar-refractivity contribution is 0.0487. The first kappa shape index (κ1) is 21.7. The topological polar surface area (TPSA) is 84.5 Å². The van der Waals surface area contributed by atoms with Crippen molar-refractivity contribution >= 4 is 27.5 Å². The predicted octanol–water partition coefficient (Wildman–Crippen LogP) is 2.87. The third-order valence-corrected chi connectivity index (χ3v) is 7.00. The van der Waals surface area contributed by atoms with E-state index in [4.69, 9.17) is 16.3 Å². The molecule has 0 aliphatic carbocycles. The van der Waals surface area contributed by atoms with E-state index in [1.165, 1.54) is 37.4 Å². The third-order valence-electron chi connectivity index (χ3n) is 5.26. The molecule has 1 heterocycles. The highest BCUT2D eigenvalue weighted by atomic mass is 35.5. The Labute approximate surface area is 174 Å². The highest BCUT2D eigenvalue weighted by Crippen LogP contribution is 2.34. The zero-order valence-corrected chi connectivity index (χ0v) is 17.4. The maximum absolute atomic E-state index is 13.4. The third kappa shape index (κ3) is 4.78. The van der Waals surface area contributed by atoms with Crippen LogP contribution in [0.1, 0.15) is 28.8 Å². The van der Waals surface area contributed by atoms with Crippen molar-refractivity contribution in [2.75, 3.05) is 26.8 Å². The van der Waals surface area contributed by atoms with Gasteiger partial charge in [0.1, 0.15) is 5.82 Å². The first-order valence-electron chi connectivity index (χ1n) is 9.12. The highest BCUT2D eigenvalue weighted by molar-refractivity contribution is 7.89. The van der Waals surface area contributed by atoms with Crippen molar-refractivity contribution in [3.05, 3.63) is 64.4 Å². The minimum Gasteiger partial charge on any atom is -0.381 e. The normalized spacial score (nSPS) is 16.4. The van der Waals surface area contributed by atoms with Gasteiger partial charge in [0.2, 0.25) is 10.0 Å². The van der Waals surface area contributed by atoms with Crippen LogP contribution in [-0.4, -0.2) is 41.1 Å². The number of hydrogen-bond donors (Lipinski definition) is 2. The maximum atomic E-state index is 13.4. The fourth-order valence-electron chi connectivity index (χ4n) is 3.44. The van der Waals surface area contributed by atoms with Crippen LogP contribution in [-0.2, 0) is 20.2 Å². The number of sulfonamides is 1. The lowest BCUT2D eigenvalue weighted by Crippen LogP contribution is -2.44. The summed E-state index contributed by atoms with van der Waals surface area (Å²) in [6.07, 6.45) is 1.33. The molecule has 2 aromatic carbocycles. The van der Waals surface area contributed by atoms with E-state index < -0.39 is 21.3 Å². The molecule has 0 aromatic heterocycles. The van der Waals surface area contributed by atoms with Crippen LogP contribution in [0.3, 0.4) is 0 Å². The Kier molecular flexibility index (Phi) is 6.58. The first-order valence-corrected chi connectivity index (χ1v) is 11.0. The maximum Gasteiger partial charge on any atom is 0.252 e. The summed E-state index contributed by atoms with van der Waals surface area (Å²) in [5, 5.41) is 3.03. The van der Waals surface area contributed by atoms with E-state index in [1.807, 2.05) is 0 Å². The molecule has 29 heavy (non-hydrogen) atoms. The lowest BCUT2D eigenvalue weighted by atomic mass is 9.74. The Morgan fingerprint density at radius 2 is 1.83 bits per heavy atom. The van der Waals surface area contributed by atoms with E-state index in [0.29, 0.717) is 32.6 Å². The molecule has 156 valence electrons. The van der Waals surface area contributed by atoms with Crippen LogP contribution in [0.4, 0.5) is 4.39 Å². The summed E-state index contributed by atoms with van der Waals surface area (Å²) in [5.74, 6) is -0.800. The number of amides is 1. The van der Waals surface area contributed by atoms with Crippen LogP contribution in [0.25, 0.3) is 0 Å². The Balaban J connectivity index is 1.84. The Morgan fingerprint density at radius 1 is 1.17 bits per heavy atom. The molecule has 0 atom stereocenters. The standard InChI is InChI=1S/C20H22ClFN2O4S/c1-23-29(26,27)16-6-7-18(21)17(12-16)19(25)24-13-20(8-10-28-11-9-20)14-2-4-15(22)5-3-14/h2-7,12,23H,8-11,13H2,1H3,(H,24,25). The van der Waals surface area contributed by atoms with E-state index in [1.54, 1.807) is 12.1 Å². The van der Waals surface area contributed by atoms with Crippen molar-refractivity contribution in [3.63, 3.8) is 0 Å². The fourth-order valence-corrected chi connectivity index (χ4v) is 4.40. The second-order valence-corrected chi connectivity index (χ2v) is 9.23. The quantitative estimate of drug-likeness (QED) is 0.723. The molecule has 3 rings (SSSR count). The molecule has 1 amide bonds. The Morgan fingerprint density at radius 3 is 2.45 bits per heavy atom. The number of carbonyl (C=O) groups is 1. The van der Waals surface area contributed by atoms with Gasteiger partial charge >= 0.3 is 0 Å². The van der Waals surface area contributed by atoms with Crippen molar-refractivity contribution in [1.29, 1.82) is 0 Å². The molecular weight excluding hydrogens is 419 g/mol. The number of nitrogens with one attached hydrogen (secondary N) is 2. The van der Waals surface area contributed by atoms with Gasteiger partial charge in [0.05, 0.1) is 15.5 Å². The van der Waals surface area contributed by atoms with Crippen LogP contribution in [0.5, 0.6) is 0 Å². The first-order chi connectivity index (χ1) is 13.8. The molecule has 6 nitrogen and oxygen atoms in total. The van der Waals surface area contributed by atoms with E-state index in [9.17, 15) is 17.6 Å². The van der Waals surface area contributed by atoms with Gasteiger partial charge in [-0.05, 0) is 55.8 Å². The molecule has 2 N–H and O–H groups in total. The van der Waals surface area contributed by atoms with Gasteiger partial charge in [-0.25, -0.2) is 17.5 Å². The van der Waals surface area contributed by atoms with Crippen molar-refractivity contribution < 1.29 is 22.3 Å². The van der Waals surface area contributed by atoms with Crippen LogP contribution in [0.15, 0.2) is 47.4 Å². The smallest absolute Gasteiger partial charge is 0.252 e. The lowest BCUT2D eigenvalue weighted by Gasteiger charge is -2.38. The summed E-state index contributed by atoms with van der Waals surface area (Å²) in [6, 6.07) is 10.2. The average Bonchev–Trinajstić information content (AvgIpc) is 2.73. The SMILES string of the molecule is CNS(=O)(=O)c1ccc(Cl)c(C(=O)NCC2(c3ccc(F)cc3)CCOCC2)c1. The van der Waals surface area contributed by atoms with Gasteiger partial charge in [-0.15, -0.1) is 0 Å². The minimum atomic E-state index is -3.71. The molecule has 2 aromatic rings. The van der Waals surface area contributed by atoms with Gasteiger partial charge in [-0.1, -0.05) is 23.7 Å². The number of hydrogen-bond acceptors (Lipinski definition) is 4. The van der Waals surface area contributed by atoms with Crippen LogP contribution >= 0.6 is 11.6 Å². The number of carbonyl (C=O) groups excluding carboxylic acids is 1. The van der Waals surface area contributed by atoms with Crippen molar-refractivity contribution in [2.45, 2.75) is 23.2 Å². The summed E-state index contributed by atoms with van der Waals surface area (Å²) in [5.41, 5.74) is 0.590. The molecule has 1 saturated heterocycles. The zero-order valence-electron chi connectivity index (χ0n) is 15.9. The number of benzene rings is 2. The van der Waals surface area contributed by atoms with Crippen LogP contribution in [0.2, 0.25) is 5.02 Å². The van der Waals surface area contributed by atoms with Gasteiger partial charge in [-0.3, -0.25) is 4.79 Å². The molecule has 1 aliphatic heterocycles. The summed E-state index contributed by atoms with van der Waals surface area (Å²) in [7, 11) is -2.41. The molecule has 0 spiro atoms. The molecular formula is C20H22ClFN2O4S. The second kappa shape index (κ2) is 8.79. The summed E-state index contributed by atoms with van der Waals surface area (Å²) >= 11 is 6.14. The zero-order chi connectivity index (χ0) is 21.1. The largest absolute Gasteiger partial charge is 0.381 e. The Hall–Kier alpha value is -2.00. The van der Waals surface area contributed by atoms with E-state index in [-0.39, 0.29) is 21.3 Å². The molecule has 0 bridgehead atoms. The van der Waals surface area contributed by atoms with Crippen molar-refractivity contribution in [1.82, 2.24) is 10.0 Å². The number of rotatable bonds is 6. The molecule has 1 aliphatic rings. The fraction of sp³-hybridized carbons (Fsp3) is 0.350. The van der Waals surface area contributed by atoms with Gasteiger partial charge in [0.25, 0.3) is 5.91 Å². The van der Waals surface area contributed by atoms with E-state index in [2.05, 4.69) is 10.0 Å². The molecule has 0 unspecified atom stereocenters. The average molecular weight is 441 g/mol. The van der Waals surface area contributed by atoms with Gasteiger partial charge in [0, 0.05) is 25.2 Å². The van der Waals surface area contributed by atoms with E-state index >= 15 is 0 Å². The second-order valence-electron chi connectivity index (χ2n) is 6.93. The Bertz CT molecular complexity index is 990. The summed E-state index contributed by atoms with van der Waals surface area (Å²) in [4.78, 5) is 12.8. The number of ether oxygens (including phenoxy) is 1. The highest BCUT2D eigenvalue weighted by Gasteiger charge is 2.35. The van der Waals surface area contributed by atoms with E-state index in [0.717, 1.165) is 5.56 Å². The van der Waals surface area contributed by atoms with Crippen LogP contribution in [0, 0.1) is 5.82 Å². The summed E-state index contributed by atoms with van der Waals surface area (Å²) < 4.78 is 45.1. The number of halogens is 2. The van der Waals surface area contributed by atoms with Crippen molar-refractivity contribution in [3.8, 4) is 0 Å². The molecule has 1 fully saturated rings. The van der Waals surface area contributed by atoms with Crippen LogP contribution < -0.4 is 10.0 Å². The predicted molar refractivity (Wildman–Crippen MR) is 108 cm³/mol. The van der Waals surface area contributed by atoms with Gasteiger partial charge < -0.3 is 10.1 Å². The van der Waals surface area contributed by atoms with Gasteiger partial charge in [0.15, 0.2) is 0 Å².